The average molecular weight is 220 g/mol. The zero-order valence-corrected chi connectivity index (χ0v) is 10.3. The lowest BCUT2D eigenvalue weighted by atomic mass is 10.3. The van der Waals surface area contributed by atoms with E-state index in [1.807, 2.05) is 13.0 Å². The van der Waals surface area contributed by atoms with Gasteiger partial charge in [0.25, 0.3) is 0 Å². The standard InChI is InChI=1S/C12H20N4/c1-4-13-11-7-12(15-9(2)14-11)16(3)8-10-5-6-10/h7,10H,4-6,8H2,1-3H3,(H,13,14,15). The maximum Gasteiger partial charge on any atom is 0.134 e. The number of nitrogens with one attached hydrogen (secondary N) is 1. The first kappa shape index (κ1) is 11.2. The predicted octanol–water partition coefficient (Wildman–Crippen LogP) is 2.06. The fourth-order valence-corrected chi connectivity index (χ4v) is 1.80. The van der Waals surface area contributed by atoms with Crippen LogP contribution in [0.2, 0.25) is 0 Å². The highest BCUT2D eigenvalue weighted by atomic mass is 15.2. The highest BCUT2D eigenvalue weighted by Gasteiger charge is 2.23. The Balaban J connectivity index is 2.11. The van der Waals surface area contributed by atoms with Gasteiger partial charge in [0.1, 0.15) is 17.5 Å². The van der Waals surface area contributed by atoms with Crippen molar-refractivity contribution in [3.05, 3.63) is 11.9 Å². The number of hydrogen-bond donors (Lipinski definition) is 1. The quantitative estimate of drug-likeness (QED) is 0.824. The second-order valence-corrected chi connectivity index (χ2v) is 4.51. The third-order valence-corrected chi connectivity index (χ3v) is 2.80. The van der Waals surface area contributed by atoms with Crippen molar-refractivity contribution < 1.29 is 0 Å². The number of rotatable bonds is 5. The minimum absolute atomic E-state index is 0.830. The van der Waals surface area contributed by atoms with Gasteiger partial charge in [-0.1, -0.05) is 0 Å². The van der Waals surface area contributed by atoms with E-state index in [2.05, 4.69) is 34.2 Å². The van der Waals surface area contributed by atoms with Gasteiger partial charge in [0.15, 0.2) is 0 Å². The summed E-state index contributed by atoms with van der Waals surface area (Å²) < 4.78 is 0. The molecule has 1 fully saturated rings. The van der Waals surface area contributed by atoms with Crippen molar-refractivity contribution in [1.29, 1.82) is 0 Å². The van der Waals surface area contributed by atoms with E-state index in [9.17, 15) is 0 Å². The van der Waals surface area contributed by atoms with Gasteiger partial charge in [0.2, 0.25) is 0 Å². The van der Waals surface area contributed by atoms with Crippen LogP contribution in [0.1, 0.15) is 25.6 Å². The van der Waals surface area contributed by atoms with Crippen LogP contribution < -0.4 is 10.2 Å². The highest BCUT2D eigenvalue weighted by Crippen LogP contribution is 2.30. The molecule has 16 heavy (non-hydrogen) atoms. The van der Waals surface area contributed by atoms with Gasteiger partial charge in [-0.05, 0) is 32.6 Å². The molecule has 1 aromatic rings. The number of aryl methyl sites for hydroxylation is 1. The number of aromatic nitrogens is 2. The van der Waals surface area contributed by atoms with Gasteiger partial charge >= 0.3 is 0 Å². The molecule has 1 saturated carbocycles. The zero-order valence-electron chi connectivity index (χ0n) is 10.3. The van der Waals surface area contributed by atoms with Gasteiger partial charge < -0.3 is 10.2 Å². The van der Waals surface area contributed by atoms with E-state index < -0.39 is 0 Å². The van der Waals surface area contributed by atoms with E-state index >= 15 is 0 Å². The largest absolute Gasteiger partial charge is 0.370 e. The first-order valence-corrected chi connectivity index (χ1v) is 5.99. The first-order chi connectivity index (χ1) is 7.69. The summed E-state index contributed by atoms with van der Waals surface area (Å²) in [7, 11) is 2.11. The Morgan fingerprint density at radius 1 is 1.44 bits per heavy atom. The van der Waals surface area contributed by atoms with Crippen LogP contribution in [-0.4, -0.2) is 30.1 Å². The van der Waals surface area contributed by atoms with Crippen molar-refractivity contribution in [2.24, 2.45) is 5.92 Å². The van der Waals surface area contributed by atoms with E-state index in [1.54, 1.807) is 0 Å². The molecule has 88 valence electrons. The summed E-state index contributed by atoms with van der Waals surface area (Å²) in [4.78, 5) is 11.1. The molecule has 1 aliphatic carbocycles. The molecule has 0 aliphatic heterocycles. The molecule has 0 atom stereocenters. The van der Waals surface area contributed by atoms with Gasteiger partial charge in [-0.2, -0.15) is 0 Å². The molecule has 0 unspecified atom stereocenters. The Morgan fingerprint density at radius 2 is 2.19 bits per heavy atom. The van der Waals surface area contributed by atoms with Gasteiger partial charge in [0.05, 0.1) is 0 Å². The Kier molecular flexibility index (Phi) is 3.27. The van der Waals surface area contributed by atoms with Gasteiger partial charge in [-0.15, -0.1) is 0 Å². The first-order valence-electron chi connectivity index (χ1n) is 5.99. The fourth-order valence-electron chi connectivity index (χ4n) is 1.80. The monoisotopic (exact) mass is 220 g/mol. The van der Waals surface area contributed by atoms with Crippen LogP contribution in [0.25, 0.3) is 0 Å². The van der Waals surface area contributed by atoms with Crippen LogP contribution in [0, 0.1) is 12.8 Å². The maximum atomic E-state index is 4.47. The van der Waals surface area contributed by atoms with Crippen LogP contribution >= 0.6 is 0 Å². The van der Waals surface area contributed by atoms with Crippen LogP contribution in [0.4, 0.5) is 11.6 Å². The Bertz CT molecular complexity index is 360. The van der Waals surface area contributed by atoms with E-state index in [4.69, 9.17) is 0 Å². The Hall–Kier alpha value is -1.32. The average Bonchev–Trinajstić information content (AvgIpc) is 3.01. The van der Waals surface area contributed by atoms with Crippen LogP contribution in [0.5, 0.6) is 0 Å². The molecule has 0 bridgehead atoms. The molecule has 1 N–H and O–H groups in total. The molecule has 0 spiro atoms. The smallest absolute Gasteiger partial charge is 0.134 e. The highest BCUT2D eigenvalue weighted by molar-refractivity contribution is 5.49. The van der Waals surface area contributed by atoms with Crippen molar-refractivity contribution in [3.8, 4) is 0 Å². The molecule has 2 rings (SSSR count). The molecular formula is C12H20N4. The molecule has 1 heterocycles. The topological polar surface area (TPSA) is 41.0 Å². The minimum atomic E-state index is 0.830. The molecular weight excluding hydrogens is 200 g/mol. The normalized spacial score (nSPS) is 14.9. The van der Waals surface area contributed by atoms with Crippen molar-refractivity contribution in [2.45, 2.75) is 26.7 Å². The lowest BCUT2D eigenvalue weighted by Gasteiger charge is -2.18. The summed E-state index contributed by atoms with van der Waals surface area (Å²) in [5.41, 5.74) is 0. The van der Waals surface area contributed by atoms with Gasteiger partial charge in [-0.25, -0.2) is 9.97 Å². The molecule has 4 heteroatoms. The number of anilines is 2. The van der Waals surface area contributed by atoms with Crippen molar-refractivity contribution >= 4 is 11.6 Å². The summed E-state index contributed by atoms with van der Waals surface area (Å²) in [5.74, 6) is 3.65. The van der Waals surface area contributed by atoms with Gasteiger partial charge in [-0.3, -0.25) is 0 Å². The summed E-state index contributed by atoms with van der Waals surface area (Å²) in [6.07, 6.45) is 2.74. The molecule has 1 aliphatic rings. The fraction of sp³-hybridized carbons (Fsp3) is 0.667. The lowest BCUT2D eigenvalue weighted by molar-refractivity contribution is 0.772. The molecule has 4 nitrogen and oxygen atoms in total. The number of hydrogen-bond acceptors (Lipinski definition) is 4. The maximum absolute atomic E-state index is 4.47. The van der Waals surface area contributed by atoms with Crippen molar-refractivity contribution in [1.82, 2.24) is 9.97 Å². The minimum Gasteiger partial charge on any atom is -0.370 e. The summed E-state index contributed by atoms with van der Waals surface area (Å²) in [6.45, 7) is 6.02. The van der Waals surface area contributed by atoms with E-state index in [0.29, 0.717) is 0 Å². The molecule has 0 saturated heterocycles. The second-order valence-electron chi connectivity index (χ2n) is 4.51. The van der Waals surface area contributed by atoms with Crippen molar-refractivity contribution in [3.63, 3.8) is 0 Å². The summed E-state index contributed by atoms with van der Waals surface area (Å²) >= 11 is 0. The van der Waals surface area contributed by atoms with E-state index in [1.165, 1.54) is 12.8 Å². The Labute approximate surface area is 97.1 Å². The molecule has 0 radical (unpaired) electrons. The zero-order chi connectivity index (χ0) is 11.5. The summed E-state index contributed by atoms with van der Waals surface area (Å²) in [6, 6.07) is 2.03. The molecule has 1 aromatic heterocycles. The lowest BCUT2D eigenvalue weighted by Crippen LogP contribution is -2.21. The SMILES string of the molecule is CCNc1cc(N(C)CC2CC2)nc(C)n1. The van der Waals surface area contributed by atoms with Crippen molar-refractivity contribution in [2.75, 3.05) is 30.4 Å². The summed E-state index contributed by atoms with van der Waals surface area (Å²) in [5, 5.41) is 3.23. The second kappa shape index (κ2) is 4.68. The van der Waals surface area contributed by atoms with Crippen LogP contribution in [0.15, 0.2) is 6.07 Å². The number of nitrogens with zero attached hydrogens (tertiary/aromatic N) is 3. The van der Waals surface area contributed by atoms with E-state index in [-0.39, 0.29) is 0 Å². The Morgan fingerprint density at radius 3 is 2.81 bits per heavy atom. The van der Waals surface area contributed by atoms with Gasteiger partial charge in [0, 0.05) is 26.2 Å². The van der Waals surface area contributed by atoms with Crippen LogP contribution in [0.3, 0.4) is 0 Å². The van der Waals surface area contributed by atoms with E-state index in [0.717, 1.165) is 36.5 Å². The third kappa shape index (κ3) is 2.84. The predicted molar refractivity (Wildman–Crippen MR) is 66.9 cm³/mol. The third-order valence-electron chi connectivity index (χ3n) is 2.80. The molecule has 0 amide bonds. The van der Waals surface area contributed by atoms with Crippen LogP contribution in [-0.2, 0) is 0 Å². The molecule has 0 aromatic carbocycles.